The molecule has 0 aliphatic heterocycles. The van der Waals surface area contributed by atoms with Gasteiger partial charge in [-0.15, -0.1) is 0 Å². The quantitative estimate of drug-likeness (QED) is 0.782. The molecule has 0 spiro atoms. The van der Waals surface area contributed by atoms with E-state index in [1.54, 1.807) is 6.07 Å². The van der Waals surface area contributed by atoms with Gasteiger partial charge in [0.2, 0.25) is 5.56 Å². The van der Waals surface area contributed by atoms with Crippen LogP contribution in [0, 0.1) is 6.92 Å². The first-order valence-corrected chi connectivity index (χ1v) is 5.28. The number of aromatic nitrogens is 1. The van der Waals surface area contributed by atoms with Crippen molar-refractivity contribution in [2.24, 2.45) is 0 Å². The third-order valence-corrected chi connectivity index (χ3v) is 2.67. The summed E-state index contributed by atoms with van der Waals surface area (Å²) >= 11 is 0. The van der Waals surface area contributed by atoms with Crippen LogP contribution in [-0.4, -0.2) is 10.8 Å². The molecule has 0 radical (unpaired) electrons. The minimum atomic E-state index is -0.120. The second-order valence-electron chi connectivity index (χ2n) is 3.86. The van der Waals surface area contributed by atoms with E-state index >= 15 is 0 Å². The maximum absolute atomic E-state index is 11.6. The van der Waals surface area contributed by atoms with Crippen LogP contribution in [0.15, 0.2) is 29.1 Å². The molecule has 2 aromatic rings. The van der Waals surface area contributed by atoms with Crippen molar-refractivity contribution in [2.45, 2.75) is 20.3 Å². The molecule has 0 amide bonds. The number of H-pyrrole nitrogens is 1. The summed E-state index contributed by atoms with van der Waals surface area (Å²) in [6.07, 6.45) is 0.494. The van der Waals surface area contributed by atoms with Gasteiger partial charge in [-0.2, -0.15) is 0 Å². The number of nitrogens with one attached hydrogen (secondary N) is 1. The SMILES string of the molecule is CCC(=O)c1cc(C)c2[nH]c(=O)ccc2c1. The summed E-state index contributed by atoms with van der Waals surface area (Å²) < 4.78 is 0. The highest BCUT2D eigenvalue weighted by Gasteiger charge is 2.06. The number of carbonyl (C=O) groups is 1. The summed E-state index contributed by atoms with van der Waals surface area (Å²) in [5, 5.41) is 0.899. The first kappa shape index (κ1) is 10.6. The molecule has 0 saturated heterocycles. The van der Waals surface area contributed by atoms with Crippen LogP contribution >= 0.6 is 0 Å². The van der Waals surface area contributed by atoms with E-state index in [1.807, 2.05) is 26.0 Å². The van der Waals surface area contributed by atoms with Crippen LogP contribution in [0.3, 0.4) is 0 Å². The van der Waals surface area contributed by atoms with E-state index in [-0.39, 0.29) is 11.3 Å². The molecule has 0 aliphatic rings. The van der Waals surface area contributed by atoms with Gasteiger partial charge in [0.25, 0.3) is 0 Å². The summed E-state index contributed by atoms with van der Waals surface area (Å²) in [5.74, 6) is 0.121. The Bertz CT molecular complexity index is 611. The molecule has 1 heterocycles. The van der Waals surface area contributed by atoms with Crippen molar-refractivity contribution in [1.29, 1.82) is 0 Å². The molecule has 0 unspecified atom stereocenters. The van der Waals surface area contributed by atoms with Gasteiger partial charge in [0.1, 0.15) is 0 Å². The third-order valence-electron chi connectivity index (χ3n) is 2.67. The van der Waals surface area contributed by atoms with Crippen molar-refractivity contribution >= 4 is 16.7 Å². The van der Waals surface area contributed by atoms with E-state index in [1.165, 1.54) is 6.07 Å². The highest BCUT2D eigenvalue weighted by molar-refractivity contribution is 6.00. The molecule has 1 aromatic carbocycles. The number of rotatable bonds is 2. The molecule has 16 heavy (non-hydrogen) atoms. The Kier molecular flexibility index (Phi) is 2.60. The van der Waals surface area contributed by atoms with Crippen LogP contribution in [-0.2, 0) is 0 Å². The fourth-order valence-corrected chi connectivity index (χ4v) is 1.81. The fraction of sp³-hybridized carbons (Fsp3) is 0.231. The molecule has 2 rings (SSSR count). The summed E-state index contributed by atoms with van der Waals surface area (Å²) in [6.45, 7) is 3.74. The van der Waals surface area contributed by atoms with Gasteiger partial charge in [-0.1, -0.05) is 6.92 Å². The second-order valence-corrected chi connectivity index (χ2v) is 3.86. The standard InChI is InChI=1S/C13H13NO2/c1-3-11(15)10-6-8(2)13-9(7-10)4-5-12(16)14-13/h4-7H,3H2,1-2H3,(H,14,16). The lowest BCUT2D eigenvalue weighted by molar-refractivity contribution is 0.0988. The summed E-state index contributed by atoms with van der Waals surface area (Å²) in [4.78, 5) is 25.6. The average Bonchev–Trinajstić information content (AvgIpc) is 2.28. The van der Waals surface area contributed by atoms with E-state index in [2.05, 4.69) is 4.98 Å². The molecule has 0 bridgehead atoms. The number of fused-ring (bicyclic) bond motifs is 1. The number of hydrogen-bond acceptors (Lipinski definition) is 2. The van der Waals surface area contributed by atoms with Gasteiger partial charge in [0.05, 0.1) is 5.52 Å². The molecule has 0 aliphatic carbocycles. The van der Waals surface area contributed by atoms with Crippen LogP contribution in [0.5, 0.6) is 0 Å². The lowest BCUT2D eigenvalue weighted by atomic mass is 10.0. The normalized spacial score (nSPS) is 10.6. The van der Waals surface area contributed by atoms with Gasteiger partial charge in [-0.3, -0.25) is 9.59 Å². The van der Waals surface area contributed by atoms with Crippen LogP contribution in [0.2, 0.25) is 0 Å². The molecular formula is C13H13NO2. The van der Waals surface area contributed by atoms with Gasteiger partial charge < -0.3 is 4.98 Å². The third kappa shape index (κ3) is 1.76. The van der Waals surface area contributed by atoms with Crippen molar-refractivity contribution in [3.63, 3.8) is 0 Å². The molecule has 1 aromatic heterocycles. The molecular weight excluding hydrogens is 202 g/mol. The van der Waals surface area contributed by atoms with Crippen LogP contribution in [0.4, 0.5) is 0 Å². The molecule has 3 heteroatoms. The minimum Gasteiger partial charge on any atom is -0.322 e. The predicted molar refractivity (Wildman–Crippen MR) is 63.9 cm³/mol. The molecule has 0 saturated carbocycles. The van der Waals surface area contributed by atoms with E-state index in [0.29, 0.717) is 12.0 Å². The monoisotopic (exact) mass is 215 g/mol. The van der Waals surface area contributed by atoms with E-state index < -0.39 is 0 Å². The first-order valence-electron chi connectivity index (χ1n) is 5.28. The van der Waals surface area contributed by atoms with Crippen molar-refractivity contribution in [3.8, 4) is 0 Å². The summed E-state index contributed by atoms with van der Waals surface area (Å²) in [6, 6.07) is 6.86. The minimum absolute atomic E-state index is 0.120. The first-order chi connectivity index (χ1) is 7.61. The Hall–Kier alpha value is -1.90. The second kappa shape index (κ2) is 3.93. The van der Waals surface area contributed by atoms with E-state index in [9.17, 15) is 9.59 Å². The Morgan fingerprint density at radius 1 is 1.31 bits per heavy atom. The Labute approximate surface area is 93.1 Å². The Morgan fingerprint density at radius 3 is 2.75 bits per heavy atom. The molecule has 0 fully saturated rings. The molecule has 0 atom stereocenters. The molecule has 3 nitrogen and oxygen atoms in total. The van der Waals surface area contributed by atoms with Gasteiger partial charge >= 0.3 is 0 Å². The zero-order valence-corrected chi connectivity index (χ0v) is 9.33. The van der Waals surface area contributed by atoms with Crippen molar-refractivity contribution in [2.75, 3.05) is 0 Å². The van der Waals surface area contributed by atoms with Gasteiger partial charge in [0, 0.05) is 18.1 Å². The van der Waals surface area contributed by atoms with Crippen molar-refractivity contribution in [3.05, 3.63) is 45.7 Å². The summed E-state index contributed by atoms with van der Waals surface area (Å²) in [5.41, 5.74) is 2.32. The highest BCUT2D eigenvalue weighted by atomic mass is 16.1. The zero-order valence-electron chi connectivity index (χ0n) is 9.33. The number of Topliss-reactive ketones (excluding diaryl/α,β-unsaturated/α-hetero) is 1. The van der Waals surface area contributed by atoms with E-state index in [0.717, 1.165) is 16.5 Å². The lowest BCUT2D eigenvalue weighted by Gasteiger charge is -2.05. The van der Waals surface area contributed by atoms with Crippen molar-refractivity contribution < 1.29 is 4.79 Å². The molecule has 1 N–H and O–H groups in total. The largest absolute Gasteiger partial charge is 0.322 e. The smallest absolute Gasteiger partial charge is 0.248 e. The number of pyridine rings is 1. The zero-order chi connectivity index (χ0) is 11.7. The number of ketones is 1. The maximum atomic E-state index is 11.6. The highest BCUT2D eigenvalue weighted by Crippen LogP contribution is 2.18. The lowest BCUT2D eigenvalue weighted by Crippen LogP contribution is -2.05. The number of benzene rings is 1. The maximum Gasteiger partial charge on any atom is 0.248 e. The Morgan fingerprint density at radius 2 is 2.06 bits per heavy atom. The number of aryl methyl sites for hydroxylation is 1. The van der Waals surface area contributed by atoms with Crippen molar-refractivity contribution in [1.82, 2.24) is 4.98 Å². The topological polar surface area (TPSA) is 49.9 Å². The van der Waals surface area contributed by atoms with Gasteiger partial charge in [-0.25, -0.2) is 0 Å². The number of hydrogen-bond donors (Lipinski definition) is 1. The van der Waals surface area contributed by atoms with E-state index in [4.69, 9.17) is 0 Å². The van der Waals surface area contributed by atoms with Crippen LogP contribution in [0.1, 0.15) is 29.3 Å². The van der Waals surface area contributed by atoms with Crippen LogP contribution < -0.4 is 5.56 Å². The number of carbonyl (C=O) groups excluding carboxylic acids is 1. The van der Waals surface area contributed by atoms with Crippen LogP contribution in [0.25, 0.3) is 10.9 Å². The summed E-state index contributed by atoms with van der Waals surface area (Å²) in [7, 11) is 0. The predicted octanol–water partition coefficient (Wildman–Crippen LogP) is 2.43. The van der Waals surface area contributed by atoms with Gasteiger partial charge in [-0.05, 0) is 36.1 Å². The van der Waals surface area contributed by atoms with Gasteiger partial charge in [0.15, 0.2) is 5.78 Å². The Balaban J connectivity index is 2.73. The molecule has 82 valence electrons. The number of aromatic amines is 1. The fourth-order valence-electron chi connectivity index (χ4n) is 1.81. The average molecular weight is 215 g/mol.